The van der Waals surface area contributed by atoms with Crippen molar-refractivity contribution < 1.29 is 9.28 Å². The molecule has 2 N–H and O–H groups in total. The fourth-order valence-electron chi connectivity index (χ4n) is 4.50. The molecule has 0 saturated carbocycles. The van der Waals surface area contributed by atoms with Gasteiger partial charge in [0.25, 0.3) is 0 Å². The molecule has 3 atom stereocenters. The molecule has 0 radical (unpaired) electrons. The summed E-state index contributed by atoms with van der Waals surface area (Å²) in [7, 11) is 0. The Morgan fingerprint density at radius 3 is 2.17 bits per heavy atom. The Morgan fingerprint density at radius 1 is 1.00 bits per heavy atom. The Kier molecular flexibility index (Phi) is 13.8. The van der Waals surface area contributed by atoms with Crippen LogP contribution in [0.3, 0.4) is 0 Å². The largest absolute Gasteiger partial charge is 0.338 e. The van der Waals surface area contributed by atoms with Crippen LogP contribution in [0.1, 0.15) is 111 Å². The zero-order valence-corrected chi connectivity index (χ0v) is 19.7. The van der Waals surface area contributed by atoms with E-state index in [1.807, 2.05) is 0 Å². The second kappa shape index (κ2) is 15.5. The number of nitrogens with one attached hydrogen (secondary N) is 2. The standard InChI is InChI=1S/C25H47N3O/c1-5-7-8-9-10-11-12-13-14-15-16-17-18-19-20-25-26-21-22-28(25,6-2)23(3)27-24(4)29/h10-11,21-23,25-26H,5-9,12-20H2,1-4H3/p+1/b11-10+. The highest BCUT2D eigenvalue weighted by molar-refractivity contribution is 5.72. The van der Waals surface area contributed by atoms with Crippen LogP contribution in [0.5, 0.6) is 0 Å². The molecule has 0 fully saturated rings. The molecular formula is C25H48N3O+. The predicted molar refractivity (Wildman–Crippen MR) is 125 cm³/mol. The molecule has 1 heterocycles. The van der Waals surface area contributed by atoms with Gasteiger partial charge in [0.15, 0.2) is 12.3 Å². The molecule has 1 aliphatic heterocycles. The molecule has 0 spiro atoms. The van der Waals surface area contributed by atoms with Gasteiger partial charge in [0.2, 0.25) is 5.91 Å². The third-order valence-electron chi connectivity index (χ3n) is 6.39. The molecule has 168 valence electrons. The normalized spacial score (nSPS) is 22.1. The van der Waals surface area contributed by atoms with Crippen molar-refractivity contribution in [1.82, 2.24) is 10.6 Å². The molecular weight excluding hydrogens is 358 g/mol. The van der Waals surface area contributed by atoms with Crippen molar-refractivity contribution in [3.05, 3.63) is 24.6 Å². The van der Waals surface area contributed by atoms with Crippen LogP contribution in [0, 0.1) is 0 Å². The number of carbonyl (C=O) groups is 1. The summed E-state index contributed by atoms with van der Waals surface area (Å²) in [6.45, 7) is 9.19. The van der Waals surface area contributed by atoms with Crippen molar-refractivity contribution in [2.75, 3.05) is 6.54 Å². The minimum Gasteiger partial charge on any atom is -0.338 e. The monoisotopic (exact) mass is 406 g/mol. The molecule has 0 aromatic rings. The second-order valence-corrected chi connectivity index (χ2v) is 8.71. The second-order valence-electron chi connectivity index (χ2n) is 8.71. The smallest absolute Gasteiger partial charge is 0.221 e. The molecule has 29 heavy (non-hydrogen) atoms. The van der Waals surface area contributed by atoms with Gasteiger partial charge in [-0.1, -0.05) is 64.0 Å². The number of hydrogen-bond acceptors (Lipinski definition) is 2. The molecule has 0 aliphatic carbocycles. The molecule has 1 rings (SSSR count). The number of rotatable bonds is 17. The van der Waals surface area contributed by atoms with E-state index in [9.17, 15) is 4.79 Å². The van der Waals surface area contributed by atoms with Gasteiger partial charge in [-0.15, -0.1) is 0 Å². The van der Waals surface area contributed by atoms with E-state index in [1.54, 1.807) is 6.92 Å². The SMILES string of the molecule is CCCCC/C=C/CCCCCCCCCC1NC=C[N+]1(CC)C(C)NC(C)=O. The van der Waals surface area contributed by atoms with E-state index in [0.29, 0.717) is 6.17 Å². The van der Waals surface area contributed by atoms with Crippen LogP contribution in [0.15, 0.2) is 24.6 Å². The molecule has 4 nitrogen and oxygen atoms in total. The summed E-state index contributed by atoms with van der Waals surface area (Å²) in [6, 6.07) is 0. The Labute approximate surface area is 180 Å². The van der Waals surface area contributed by atoms with Crippen LogP contribution in [0.25, 0.3) is 0 Å². The van der Waals surface area contributed by atoms with E-state index in [2.05, 4.69) is 56.0 Å². The maximum atomic E-state index is 11.5. The lowest BCUT2D eigenvalue weighted by Crippen LogP contribution is -2.62. The van der Waals surface area contributed by atoms with Crippen LogP contribution < -0.4 is 10.6 Å². The first-order valence-corrected chi connectivity index (χ1v) is 12.3. The van der Waals surface area contributed by atoms with Crippen molar-refractivity contribution in [2.45, 2.75) is 123 Å². The highest BCUT2D eigenvalue weighted by atomic mass is 16.1. The van der Waals surface area contributed by atoms with Gasteiger partial charge in [-0.25, -0.2) is 0 Å². The molecule has 0 saturated heterocycles. The Bertz CT molecular complexity index is 488. The number of carbonyl (C=O) groups excluding carboxylic acids is 1. The summed E-state index contributed by atoms with van der Waals surface area (Å²) in [6.07, 6.45) is 26.7. The van der Waals surface area contributed by atoms with Gasteiger partial charge >= 0.3 is 0 Å². The summed E-state index contributed by atoms with van der Waals surface area (Å²) in [4.78, 5) is 11.5. The van der Waals surface area contributed by atoms with Crippen LogP contribution in [-0.2, 0) is 4.79 Å². The van der Waals surface area contributed by atoms with Crippen molar-refractivity contribution in [3.8, 4) is 0 Å². The molecule has 3 unspecified atom stereocenters. The highest BCUT2D eigenvalue weighted by Crippen LogP contribution is 2.26. The first-order valence-electron chi connectivity index (χ1n) is 12.3. The Morgan fingerprint density at radius 2 is 1.59 bits per heavy atom. The number of hydrogen-bond donors (Lipinski definition) is 2. The number of allylic oxidation sites excluding steroid dienone is 2. The number of unbranched alkanes of at least 4 members (excludes halogenated alkanes) is 10. The lowest BCUT2D eigenvalue weighted by Gasteiger charge is -2.41. The van der Waals surface area contributed by atoms with Gasteiger partial charge in [0.05, 0.1) is 12.7 Å². The third kappa shape index (κ3) is 9.84. The summed E-state index contributed by atoms with van der Waals surface area (Å²) >= 11 is 0. The van der Waals surface area contributed by atoms with Crippen LogP contribution in [0.2, 0.25) is 0 Å². The summed E-state index contributed by atoms with van der Waals surface area (Å²) in [5, 5.41) is 6.63. The van der Waals surface area contributed by atoms with Gasteiger partial charge in [0, 0.05) is 20.3 Å². The Balaban J connectivity index is 2.09. The van der Waals surface area contributed by atoms with Gasteiger partial charge in [-0.05, 0) is 39.0 Å². The summed E-state index contributed by atoms with van der Waals surface area (Å²) < 4.78 is 0.811. The van der Waals surface area contributed by atoms with E-state index in [0.717, 1.165) is 17.4 Å². The lowest BCUT2D eigenvalue weighted by molar-refractivity contribution is -0.923. The fraction of sp³-hybridized carbons (Fsp3) is 0.800. The summed E-state index contributed by atoms with van der Waals surface area (Å²) in [5.74, 6) is 0.0504. The van der Waals surface area contributed by atoms with Crippen LogP contribution in [-0.4, -0.2) is 29.3 Å². The molecule has 1 amide bonds. The topological polar surface area (TPSA) is 41.1 Å². The maximum Gasteiger partial charge on any atom is 0.221 e. The molecule has 4 heteroatoms. The molecule has 1 aliphatic rings. The van der Waals surface area contributed by atoms with E-state index < -0.39 is 0 Å². The van der Waals surface area contributed by atoms with Crippen molar-refractivity contribution in [2.24, 2.45) is 0 Å². The van der Waals surface area contributed by atoms with Crippen LogP contribution in [0.4, 0.5) is 0 Å². The van der Waals surface area contributed by atoms with Gasteiger partial charge < -0.3 is 10.6 Å². The first-order chi connectivity index (χ1) is 14.1. The number of amides is 1. The summed E-state index contributed by atoms with van der Waals surface area (Å²) in [5.41, 5.74) is 0. The van der Waals surface area contributed by atoms with E-state index >= 15 is 0 Å². The highest BCUT2D eigenvalue weighted by Gasteiger charge is 2.41. The number of nitrogens with zero attached hydrogens (tertiary/aromatic N) is 1. The number of quaternary nitrogens is 1. The Hall–Kier alpha value is -1.29. The van der Waals surface area contributed by atoms with E-state index in [4.69, 9.17) is 0 Å². The fourth-order valence-corrected chi connectivity index (χ4v) is 4.50. The predicted octanol–water partition coefficient (Wildman–Crippen LogP) is 6.35. The minimum atomic E-state index is 0.0504. The van der Waals surface area contributed by atoms with Gasteiger partial charge in [0.1, 0.15) is 6.20 Å². The minimum absolute atomic E-state index is 0.0504. The van der Waals surface area contributed by atoms with Crippen molar-refractivity contribution in [1.29, 1.82) is 0 Å². The first kappa shape index (κ1) is 25.7. The molecule has 0 aromatic carbocycles. The molecule has 0 aromatic heterocycles. The van der Waals surface area contributed by atoms with Gasteiger partial charge in [-0.3, -0.25) is 9.28 Å². The van der Waals surface area contributed by atoms with E-state index in [-0.39, 0.29) is 12.1 Å². The van der Waals surface area contributed by atoms with Crippen molar-refractivity contribution in [3.63, 3.8) is 0 Å². The third-order valence-corrected chi connectivity index (χ3v) is 6.39. The zero-order chi connectivity index (χ0) is 21.4. The average Bonchev–Trinajstić information content (AvgIpc) is 3.12. The van der Waals surface area contributed by atoms with Gasteiger partial charge in [-0.2, -0.15) is 0 Å². The van der Waals surface area contributed by atoms with Crippen LogP contribution >= 0.6 is 0 Å². The lowest BCUT2D eigenvalue weighted by atomic mass is 10.1. The van der Waals surface area contributed by atoms with Crippen molar-refractivity contribution >= 4 is 5.91 Å². The zero-order valence-electron chi connectivity index (χ0n) is 19.7. The molecule has 0 bridgehead atoms. The van der Waals surface area contributed by atoms with E-state index in [1.165, 1.54) is 77.0 Å². The maximum absolute atomic E-state index is 11.5. The quantitative estimate of drug-likeness (QED) is 0.168. The average molecular weight is 407 g/mol.